The lowest BCUT2D eigenvalue weighted by molar-refractivity contribution is 0.0925. The molecule has 0 saturated heterocycles. The Balaban J connectivity index is 1.83. The molecule has 0 spiro atoms. The number of hydrogen-bond donors (Lipinski definition) is 1. The number of carbonyl (C=O) groups excluding carboxylic acids is 1. The van der Waals surface area contributed by atoms with E-state index in [9.17, 15) is 4.79 Å². The van der Waals surface area contributed by atoms with Crippen LogP contribution < -0.4 is 19.5 Å². The van der Waals surface area contributed by atoms with Crippen LogP contribution in [0.3, 0.4) is 0 Å². The summed E-state index contributed by atoms with van der Waals surface area (Å²) < 4.78 is 16.7. The highest BCUT2D eigenvalue weighted by Crippen LogP contribution is 2.34. The molecule has 0 saturated carbocycles. The fraction of sp³-hybridized carbons (Fsp3) is 0.381. The van der Waals surface area contributed by atoms with E-state index in [4.69, 9.17) is 14.2 Å². The van der Waals surface area contributed by atoms with Crippen LogP contribution in [0.2, 0.25) is 0 Å². The Labute approximate surface area is 154 Å². The molecule has 1 amide bonds. The van der Waals surface area contributed by atoms with Crippen molar-refractivity contribution in [3.63, 3.8) is 0 Å². The van der Waals surface area contributed by atoms with Crippen LogP contribution in [0.1, 0.15) is 42.2 Å². The van der Waals surface area contributed by atoms with Crippen LogP contribution in [0.15, 0.2) is 42.5 Å². The minimum absolute atomic E-state index is 0.130. The Kier molecular flexibility index (Phi) is 5.66. The van der Waals surface area contributed by atoms with Gasteiger partial charge in [0.15, 0.2) is 11.5 Å². The molecule has 26 heavy (non-hydrogen) atoms. The van der Waals surface area contributed by atoms with Crippen molar-refractivity contribution in [1.82, 2.24) is 5.32 Å². The van der Waals surface area contributed by atoms with E-state index >= 15 is 0 Å². The number of hydrogen-bond acceptors (Lipinski definition) is 4. The Morgan fingerprint density at radius 2 is 1.85 bits per heavy atom. The van der Waals surface area contributed by atoms with Crippen molar-refractivity contribution < 1.29 is 19.0 Å². The van der Waals surface area contributed by atoms with Gasteiger partial charge >= 0.3 is 0 Å². The van der Waals surface area contributed by atoms with E-state index in [0.29, 0.717) is 24.5 Å². The van der Waals surface area contributed by atoms with Crippen LogP contribution in [-0.2, 0) is 0 Å². The second kappa shape index (κ2) is 8.13. The second-order valence-corrected chi connectivity index (χ2v) is 6.68. The van der Waals surface area contributed by atoms with Crippen LogP contribution in [0.25, 0.3) is 0 Å². The van der Waals surface area contributed by atoms with E-state index in [1.54, 1.807) is 19.2 Å². The fourth-order valence-electron chi connectivity index (χ4n) is 3.00. The highest BCUT2D eigenvalue weighted by molar-refractivity contribution is 5.94. The van der Waals surface area contributed by atoms with E-state index in [2.05, 4.69) is 19.2 Å². The first-order valence-electron chi connectivity index (χ1n) is 8.93. The molecule has 0 unspecified atom stereocenters. The molecule has 1 atom stereocenters. The van der Waals surface area contributed by atoms with Gasteiger partial charge < -0.3 is 19.5 Å². The van der Waals surface area contributed by atoms with Gasteiger partial charge in [-0.3, -0.25) is 4.79 Å². The van der Waals surface area contributed by atoms with Gasteiger partial charge in [-0.1, -0.05) is 26.0 Å². The maximum atomic E-state index is 12.7. The fourth-order valence-corrected chi connectivity index (χ4v) is 3.00. The maximum Gasteiger partial charge on any atom is 0.251 e. The lowest BCUT2D eigenvalue weighted by atomic mass is 9.95. The molecule has 2 aromatic carbocycles. The summed E-state index contributed by atoms with van der Waals surface area (Å²) in [5.74, 6) is 2.24. The lowest BCUT2D eigenvalue weighted by Crippen LogP contribution is -2.31. The van der Waals surface area contributed by atoms with Gasteiger partial charge in [0.25, 0.3) is 5.91 Å². The number of benzene rings is 2. The van der Waals surface area contributed by atoms with Gasteiger partial charge in [-0.05, 0) is 41.8 Å². The number of carbonyl (C=O) groups is 1. The highest BCUT2D eigenvalue weighted by Gasteiger charge is 2.22. The van der Waals surface area contributed by atoms with E-state index < -0.39 is 0 Å². The summed E-state index contributed by atoms with van der Waals surface area (Å²) in [6, 6.07) is 12.9. The zero-order valence-corrected chi connectivity index (χ0v) is 15.5. The van der Waals surface area contributed by atoms with Crippen LogP contribution in [0, 0.1) is 5.92 Å². The Hall–Kier alpha value is -2.69. The lowest BCUT2D eigenvalue weighted by Gasteiger charge is -2.24. The molecule has 0 fully saturated rings. The molecule has 5 nitrogen and oxygen atoms in total. The number of ether oxygens (including phenoxy) is 3. The molecule has 2 aromatic rings. The molecule has 3 rings (SSSR count). The van der Waals surface area contributed by atoms with Crippen molar-refractivity contribution in [1.29, 1.82) is 0 Å². The first-order valence-corrected chi connectivity index (χ1v) is 8.93. The molecular weight excluding hydrogens is 330 g/mol. The number of rotatable bonds is 5. The second-order valence-electron chi connectivity index (χ2n) is 6.68. The third-order valence-electron chi connectivity index (χ3n) is 4.42. The van der Waals surface area contributed by atoms with E-state index in [-0.39, 0.29) is 17.9 Å². The number of nitrogens with one attached hydrogen (secondary N) is 1. The quantitative estimate of drug-likeness (QED) is 0.881. The van der Waals surface area contributed by atoms with Crippen molar-refractivity contribution in [3.8, 4) is 17.2 Å². The Bertz CT molecular complexity index is 772. The van der Waals surface area contributed by atoms with E-state index in [0.717, 1.165) is 23.5 Å². The zero-order valence-electron chi connectivity index (χ0n) is 15.5. The summed E-state index contributed by atoms with van der Waals surface area (Å²) in [7, 11) is 1.59. The molecular formula is C21H25NO4. The number of amides is 1. The zero-order chi connectivity index (χ0) is 18.5. The number of fused-ring (bicyclic) bond motifs is 1. The van der Waals surface area contributed by atoms with Gasteiger partial charge in [0, 0.05) is 12.0 Å². The molecule has 0 aromatic heterocycles. The molecule has 5 heteroatoms. The largest absolute Gasteiger partial charge is 0.497 e. The average molecular weight is 355 g/mol. The van der Waals surface area contributed by atoms with Crippen molar-refractivity contribution in [2.45, 2.75) is 26.3 Å². The van der Waals surface area contributed by atoms with Crippen molar-refractivity contribution >= 4 is 5.91 Å². The van der Waals surface area contributed by atoms with Gasteiger partial charge in [-0.2, -0.15) is 0 Å². The first-order chi connectivity index (χ1) is 12.6. The molecule has 1 heterocycles. The first kappa shape index (κ1) is 18.1. The normalized spacial score (nSPS) is 14.5. The van der Waals surface area contributed by atoms with Crippen molar-refractivity contribution in [2.24, 2.45) is 5.92 Å². The Morgan fingerprint density at radius 3 is 2.58 bits per heavy atom. The topological polar surface area (TPSA) is 56.8 Å². The summed E-state index contributed by atoms with van der Waals surface area (Å²) in [4.78, 5) is 12.7. The SMILES string of the molecule is COc1cccc(C(=O)N[C@H](c2ccc3c(c2)OCCCO3)C(C)C)c1. The van der Waals surface area contributed by atoms with Gasteiger partial charge in [0.2, 0.25) is 0 Å². The summed E-state index contributed by atoms with van der Waals surface area (Å²) in [5.41, 5.74) is 1.57. The van der Waals surface area contributed by atoms with Gasteiger partial charge in [0.05, 0.1) is 26.4 Å². The molecule has 0 bridgehead atoms. The molecule has 0 aliphatic carbocycles. The van der Waals surface area contributed by atoms with Gasteiger partial charge in [-0.25, -0.2) is 0 Å². The minimum Gasteiger partial charge on any atom is -0.497 e. The van der Waals surface area contributed by atoms with Crippen LogP contribution >= 0.6 is 0 Å². The monoisotopic (exact) mass is 355 g/mol. The summed E-state index contributed by atoms with van der Waals surface area (Å²) >= 11 is 0. The standard InChI is InChI=1S/C21H25NO4/c1-14(2)20(22-21(23)16-6-4-7-17(12-16)24-3)15-8-9-18-19(13-15)26-11-5-10-25-18/h4,6-9,12-14,20H,5,10-11H2,1-3H3,(H,22,23)/t20-/m0/s1. The molecule has 0 radical (unpaired) electrons. The van der Waals surface area contributed by atoms with Crippen molar-refractivity contribution in [2.75, 3.05) is 20.3 Å². The van der Waals surface area contributed by atoms with Crippen LogP contribution in [0.5, 0.6) is 17.2 Å². The molecule has 1 aliphatic heterocycles. The van der Waals surface area contributed by atoms with Crippen LogP contribution in [0.4, 0.5) is 0 Å². The average Bonchev–Trinajstić information content (AvgIpc) is 2.90. The summed E-state index contributed by atoms with van der Waals surface area (Å²) in [5, 5.41) is 3.13. The highest BCUT2D eigenvalue weighted by atomic mass is 16.5. The maximum absolute atomic E-state index is 12.7. The predicted molar refractivity (Wildman–Crippen MR) is 100 cm³/mol. The van der Waals surface area contributed by atoms with Crippen molar-refractivity contribution in [3.05, 3.63) is 53.6 Å². The predicted octanol–water partition coefficient (Wildman–Crippen LogP) is 3.98. The number of methoxy groups -OCH3 is 1. The van der Waals surface area contributed by atoms with Gasteiger partial charge in [0.1, 0.15) is 5.75 Å². The Morgan fingerprint density at radius 1 is 1.08 bits per heavy atom. The summed E-state index contributed by atoms with van der Waals surface area (Å²) in [6.45, 7) is 5.46. The third kappa shape index (κ3) is 4.10. The van der Waals surface area contributed by atoms with E-state index in [1.165, 1.54) is 0 Å². The van der Waals surface area contributed by atoms with Gasteiger partial charge in [-0.15, -0.1) is 0 Å². The molecule has 1 aliphatic rings. The molecule has 138 valence electrons. The smallest absolute Gasteiger partial charge is 0.251 e. The minimum atomic E-state index is -0.133. The summed E-state index contributed by atoms with van der Waals surface area (Å²) in [6.07, 6.45) is 0.865. The van der Waals surface area contributed by atoms with Crippen LogP contribution in [-0.4, -0.2) is 26.2 Å². The molecule has 1 N–H and O–H groups in total. The third-order valence-corrected chi connectivity index (χ3v) is 4.42. The van der Waals surface area contributed by atoms with E-state index in [1.807, 2.05) is 30.3 Å².